The maximum absolute atomic E-state index is 12.1. The molecule has 1 aromatic heterocycles. The highest BCUT2D eigenvalue weighted by Gasteiger charge is 2.40. The van der Waals surface area contributed by atoms with Crippen LogP contribution >= 0.6 is 7.60 Å². The van der Waals surface area contributed by atoms with Crippen LogP contribution in [-0.4, -0.2) is 61.1 Å². The normalized spacial score (nSPS) is 24.0. The lowest BCUT2D eigenvalue weighted by Crippen LogP contribution is -2.40. The highest BCUT2D eigenvalue weighted by molar-refractivity contribution is 7.53. The zero-order valence-electron chi connectivity index (χ0n) is 14.7. The van der Waals surface area contributed by atoms with Gasteiger partial charge in [0.05, 0.1) is 12.7 Å². The van der Waals surface area contributed by atoms with Crippen LogP contribution in [0.3, 0.4) is 0 Å². The smallest absolute Gasteiger partial charge is 0.363 e. The Labute approximate surface area is 153 Å². The fraction of sp³-hybridized carbons (Fsp3) is 0.643. The second-order valence-corrected chi connectivity index (χ2v) is 7.67. The predicted octanol–water partition coefficient (Wildman–Crippen LogP) is -2.15. The molecule has 1 aliphatic rings. The lowest BCUT2D eigenvalue weighted by atomic mass is 10.2. The van der Waals surface area contributed by atoms with Gasteiger partial charge in [-0.3, -0.25) is 23.3 Å². The number of ether oxygens (including phenoxy) is 2. The number of carbonyl (C=O) groups excluding carboxylic acids is 1. The molecule has 4 N–H and O–H groups in total. The molecule has 1 saturated heterocycles. The summed E-state index contributed by atoms with van der Waals surface area (Å²) in [6.07, 6.45) is -1.85. The average molecular weight is 407 g/mol. The van der Waals surface area contributed by atoms with Crippen molar-refractivity contribution in [2.75, 3.05) is 13.2 Å². The number of aliphatic hydroxyl groups excluding tert-OH is 1. The van der Waals surface area contributed by atoms with Crippen LogP contribution in [0.15, 0.2) is 21.9 Å². The molecule has 1 unspecified atom stereocenters. The summed E-state index contributed by atoms with van der Waals surface area (Å²) in [4.78, 5) is 53.9. The summed E-state index contributed by atoms with van der Waals surface area (Å²) in [5, 5.41) is 12.4. The van der Waals surface area contributed by atoms with Crippen molar-refractivity contribution in [2.24, 2.45) is 7.05 Å². The summed E-state index contributed by atoms with van der Waals surface area (Å²) in [5.41, 5.74) is -1.21. The molecule has 27 heavy (non-hydrogen) atoms. The Bertz CT molecular complexity index is 845. The fourth-order valence-corrected chi connectivity index (χ4v) is 3.33. The Hall–Kier alpha value is -1.82. The molecule has 0 bridgehead atoms. The van der Waals surface area contributed by atoms with Gasteiger partial charge in [-0.25, -0.2) is 4.79 Å². The Morgan fingerprint density at radius 2 is 2.15 bits per heavy atom. The minimum Gasteiger partial charge on any atom is -0.388 e. The van der Waals surface area contributed by atoms with Crippen LogP contribution in [-0.2, 0) is 25.9 Å². The van der Waals surface area contributed by atoms with Gasteiger partial charge < -0.3 is 29.7 Å². The largest absolute Gasteiger partial charge is 0.388 e. The second kappa shape index (κ2) is 8.46. The lowest BCUT2D eigenvalue weighted by molar-refractivity contribution is -0.131. The van der Waals surface area contributed by atoms with E-state index in [-0.39, 0.29) is 19.6 Å². The number of hydrogen-bond acceptors (Lipinski definition) is 7. The van der Waals surface area contributed by atoms with E-state index < -0.39 is 49.0 Å². The van der Waals surface area contributed by atoms with Gasteiger partial charge in [-0.1, -0.05) is 0 Å². The van der Waals surface area contributed by atoms with E-state index in [9.17, 15) is 33.8 Å². The van der Waals surface area contributed by atoms with E-state index in [4.69, 9.17) is 9.47 Å². The first-order chi connectivity index (χ1) is 12.6. The van der Waals surface area contributed by atoms with Crippen LogP contribution in [0.5, 0.6) is 0 Å². The number of hydrogen-bond donors (Lipinski definition) is 4. The first kappa shape index (κ1) is 21.5. The molecule has 0 radical (unpaired) electrons. The van der Waals surface area contributed by atoms with Gasteiger partial charge in [0.15, 0.2) is 6.23 Å². The van der Waals surface area contributed by atoms with E-state index in [0.29, 0.717) is 0 Å². The number of likely N-dealkylation sites (N-methyl/N-ethyl adjacent to an activating group) is 1. The molecule has 0 aliphatic carbocycles. The van der Waals surface area contributed by atoms with Gasteiger partial charge in [-0.05, 0) is 6.92 Å². The van der Waals surface area contributed by atoms with Crippen LogP contribution in [0.4, 0.5) is 0 Å². The summed E-state index contributed by atoms with van der Waals surface area (Å²) in [6.45, 7) is 1.36. The second-order valence-electron chi connectivity index (χ2n) is 6.02. The molecule has 4 atom stereocenters. The molecule has 1 aromatic rings. The zero-order valence-corrected chi connectivity index (χ0v) is 15.6. The van der Waals surface area contributed by atoms with E-state index in [1.165, 1.54) is 13.2 Å². The SMILES string of the molecule is CCNC(=O)C(OC[C@@H]1C[C@@H](O)[C@H](n2ccc(=O)n(C)c2=O)O1)P(=O)(O)O. The number of nitrogens with zero attached hydrogens (tertiary/aromatic N) is 2. The molecule has 1 aliphatic heterocycles. The monoisotopic (exact) mass is 407 g/mol. The summed E-state index contributed by atoms with van der Waals surface area (Å²) in [6, 6.07) is 1.14. The number of aromatic nitrogens is 2. The predicted molar refractivity (Wildman–Crippen MR) is 90.9 cm³/mol. The van der Waals surface area contributed by atoms with E-state index >= 15 is 0 Å². The van der Waals surface area contributed by atoms with Gasteiger partial charge in [0.1, 0.15) is 6.10 Å². The Morgan fingerprint density at radius 1 is 1.48 bits per heavy atom. The molecule has 1 amide bonds. The fourth-order valence-electron chi connectivity index (χ4n) is 2.65. The van der Waals surface area contributed by atoms with E-state index in [1.54, 1.807) is 6.92 Å². The van der Waals surface area contributed by atoms with E-state index in [1.807, 2.05) is 0 Å². The molecule has 13 heteroatoms. The van der Waals surface area contributed by atoms with Gasteiger partial charge in [-0.15, -0.1) is 0 Å². The third kappa shape index (κ3) is 4.92. The van der Waals surface area contributed by atoms with Gasteiger partial charge >= 0.3 is 13.3 Å². The summed E-state index contributed by atoms with van der Waals surface area (Å²) < 4.78 is 23.9. The minimum atomic E-state index is -4.87. The summed E-state index contributed by atoms with van der Waals surface area (Å²) in [5.74, 6) is -2.97. The van der Waals surface area contributed by atoms with Gasteiger partial charge in [0.2, 0.25) is 5.85 Å². The first-order valence-corrected chi connectivity index (χ1v) is 9.80. The molecule has 0 saturated carbocycles. The molecule has 0 aromatic carbocycles. The van der Waals surface area contributed by atoms with Gasteiger partial charge in [0, 0.05) is 32.3 Å². The minimum absolute atomic E-state index is 0.00320. The third-order valence-corrected chi connectivity index (χ3v) is 4.97. The van der Waals surface area contributed by atoms with Crippen molar-refractivity contribution < 1.29 is 33.7 Å². The molecular weight excluding hydrogens is 385 g/mol. The number of amides is 1. The van der Waals surface area contributed by atoms with Crippen molar-refractivity contribution in [1.29, 1.82) is 0 Å². The lowest BCUT2D eigenvalue weighted by Gasteiger charge is -2.21. The van der Waals surface area contributed by atoms with E-state index in [2.05, 4.69) is 5.32 Å². The Balaban J connectivity index is 2.09. The third-order valence-electron chi connectivity index (χ3n) is 3.98. The van der Waals surface area contributed by atoms with Gasteiger partial charge in [-0.2, -0.15) is 0 Å². The highest BCUT2D eigenvalue weighted by Crippen LogP contribution is 2.42. The number of rotatable bonds is 7. The Morgan fingerprint density at radius 3 is 2.74 bits per heavy atom. The van der Waals surface area contributed by atoms with Crippen molar-refractivity contribution in [3.05, 3.63) is 33.1 Å². The summed E-state index contributed by atoms with van der Waals surface area (Å²) in [7, 11) is -3.59. The molecule has 152 valence electrons. The van der Waals surface area contributed by atoms with Crippen molar-refractivity contribution in [3.63, 3.8) is 0 Å². The standard InChI is InChI=1S/C14H22N3O9P/c1-3-15-11(20)13(27(22,23)24)25-7-8-6-9(18)12(26-8)17-5-4-10(19)16(2)14(17)21/h4-5,8-9,12-13,18H,3,6-7H2,1-2H3,(H,15,20)(H2,22,23,24)/t8-,9+,12+,13?/m0/s1. The number of nitrogens with one attached hydrogen (secondary N) is 1. The molecule has 12 nitrogen and oxygen atoms in total. The average Bonchev–Trinajstić information content (AvgIpc) is 2.92. The van der Waals surface area contributed by atoms with E-state index in [0.717, 1.165) is 15.2 Å². The number of carbonyl (C=O) groups is 1. The van der Waals surface area contributed by atoms with Gasteiger partial charge in [0.25, 0.3) is 11.5 Å². The molecular formula is C14H22N3O9P. The topological polar surface area (TPSA) is 169 Å². The van der Waals surface area contributed by atoms with Crippen LogP contribution < -0.4 is 16.6 Å². The molecule has 0 spiro atoms. The van der Waals surface area contributed by atoms with Crippen LogP contribution in [0.1, 0.15) is 19.6 Å². The molecule has 1 fully saturated rings. The quantitative estimate of drug-likeness (QED) is 0.368. The Kier molecular flexibility index (Phi) is 6.73. The van der Waals surface area contributed by atoms with Crippen molar-refractivity contribution >= 4 is 13.5 Å². The van der Waals surface area contributed by atoms with Crippen LogP contribution in [0.25, 0.3) is 0 Å². The van der Waals surface area contributed by atoms with Crippen LogP contribution in [0, 0.1) is 0 Å². The van der Waals surface area contributed by atoms with Crippen molar-refractivity contribution in [2.45, 2.75) is 37.6 Å². The first-order valence-electron chi connectivity index (χ1n) is 8.12. The molecule has 2 rings (SSSR count). The van der Waals surface area contributed by atoms with Crippen molar-refractivity contribution in [1.82, 2.24) is 14.5 Å². The maximum atomic E-state index is 12.1. The number of aliphatic hydroxyl groups is 1. The molecule has 2 heterocycles. The van der Waals surface area contributed by atoms with Crippen molar-refractivity contribution in [3.8, 4) is 0 Å². The summed E-state index contributed by atoms with van der Waals surface area (Å²) >= 11 is 0. The maximum Gasteiger partial charge on any atom is 0.363 e. The highest BCUT2D eigenvalue weighted by atomic mass is 31.2. The van der Waals surface area contributed by atoms with Crippen LogP contribution in [0.2, 0.25) is 0 Å². The zero-order chi connectivity index (χ0) is 20.4.